The average Bonchev–Trinajstić information content (AvgIpc) is 3.67. The smallest absolute Gasteiger partial charge is 0.408 e. The van der Waals surface area contributed by atoms with Crippen LogP contribution in [-0.4, -0.2) is 47.3 Å². The summed E-state index contributed by atoms with van der Waals surface area (Å²) in [6.45, 7) is 2.06. The number of carboxylic acids is 1. The van der Waals surface area contributed by atoms with Gasteiger partial charge in [0.15, 0.2) is 0 Å². The number of benzene rings is 2. The maximum atomic E-state index is 11.7. The van der Waals surface area contributed by atoms with E-state index in [4.69, 9.17) is 10.5 Å². The minimum atomic E-state index is -1.35. The van der Waals surface area contributed by atoms with Crippen molar-refractivity contribution >= 4 is 45.0 Å². The summed E-state index contributed by atoms with van der Waals surface area (Å²) in [5.41, 5.74) is 7.23. The van der Waals surface area contributed by atoms with Crippen LogP contribution in [0, 0.1) is 0 Å². The van der Waals surface area contributed by atoms with Gasteiger partial charge in [-0.25, -0.2) is 4.79 Å². The Hall–Kier alpha value is -2.73. The number of hydrogen-bond acceptors (Lipinski definition) is 7. The van der Waals surface area contributed by atoms with Gasteiger partial charge in [-0.05, 0) is 36.8 Å². The second kappa shape index (κ2) is 18.5. The number of carboxylic acid groups (broad SMARTS) is 1. The van der Waals surface area contributed by atoms with Gasteiger partial charge in [0, 0.05) is 12.1 Å². The Morgan fingerprint density at radius 1 is 1.03 bits per heavy atom. The highest BCUT2D eigenvalue weighted by Gasteiger charge is 2.28. The van der Waals surface area contributed by atoms with Crippen molar-refractivity contribution in [3.8, 4) is 0 Å². The van der Waals surface area contributed by atoms with Gasteiger partial charge in [0.05, 0.1) is 12.0 Å². The van der Waals surface area contributed by atoms with E-state index in [1.54, 1.807) is 24.3 Å². The highest BCUT2D eigenvalue weighted by atomic mass is 32.1. The van der Waals surface area contributed by atoms with E-state index in [9.17, 15) is 24.6 Å². The Bertz CT molecular complexity index is 932. The van der Waals surface area contributed by atoms with Gasteiger partial charge in [-0.3, -0.25) is 4.79 Å². The van der Waals surface area contributed by atoms with E-state index in [1.165, 1.54) is 0 Å². The zero-order valence-electron chi connectivity index (χ0n) is 20.9. The third-order valence-corrected chi connectivity index (χ3v) is 5.29. The minimum Gasteiger partial charge on any atom is -0.548 e. The van der Waals surface area contributed by atoms with Crippen LogP contribution in [0.2, 0.25) is 0 Å². The summed E-state index contributed by atoms with van der Waals surface area (Å²) >= 11 is 0. The predicted molar refractivity (Wildman–Crippen MR) is 150 cm³/mol. The van der Waals surface area contributed by atoms with E-state index < -0.39 is 30.3 Å². The molecule has 1 saturated carbocycles. The van der Waals surface area contributed by atoms with Crippen molar-refractivity contribution in [1.29, 1.82) is 0 Å². The van der Waals surface area contributed by atoms with Gasteiger partial charge in [0.2, 0.25) is 0 Å². The summed E-state index contributed by atoms with van der Waals surface area (Å²) in [7, 11) is 0. The van der Waals surface area contributed by atoms with Crippen molar-refractivity contribution in [2.45, 2.75) is 69.9 Å². The molecule has 0 heterocycles. The number of nitrogens with two attached hydrogens (primary N) is 1. The number of aliphatic hydroxyl groups is 1. The van der Waals surface area contributed by atoms with Crippen LogP contribution in [-0.2, 0) is 27.4 Å². The number of nitrogens with one attached hydrogen (secondary N) is 2. The van der Waals surface area contributed by atoms with Gasteiger partial charge in [-0.15, -0.1) is 0 Å². The molecule has 1 aliphatic rings. The summed E-state index contributed by atoms with van der Waals surface area (Å²) in [6, 6.07) is 16.9. The van der Waals surface area contributed by atoms with Crippen molar-refractivity contribution in [2.24, 2.45) is 5.73 Å². The maximum absolute atomic E-state index is 11.7. The van der Waals surface area contributed by atoms with E-state index in [2.05, 4.69) is 10.6 Å². The maximum Gasteiger partial charge on any atom is 0.408 e. The van der Waals surface area contributed by atoms with Gasteiger partial charge in [0.1, 0.15) is 12.7 Å². The van der Waals surface area contributed by atoms with E-state index in [1.807, 2.05) is 43.3 Å². The lowest BCUT2D eigenvalue weighted by atomic mass is 10.1. The summed E-state index contributed by atoms with van der Waals surface area (Å²) in [6.07, 6.45) is 1.94. The lowest BCUT2D eigenvalue weighted by Crippen LogP contribution is -2.49. The largest absolute Gasteiger partial charge is 0.548 e. The third-order valence-electron chi connectivity index (χ3n) is 5.29. The third kappa shape index (κ3) is 14.0. The predicted octanol–water partition coefficient (Wildman–Crippen LogP) is 1.25. The number of alkyl carbamates (subject to hydrolysis) is 1. The standard InChI is InChI=1S/C17H17NO4.C9H18N2O2.2H2S/c19-16(20)15(11-13-7-3-1-4-8-13)18-17(21)22-12-14-9-5-2-6-10-14;1-2-3-7(10)8(12)9(13)11-6-4-5-6;;/h1-10,15H,11-12H2,(H,18,21)(H,19,20);6-8,12H,2-5,10H2,1H3,(H,11,13);2*1H2/p-1/t;7-,8-;;/m.0../s1. The van der Waals surface area contributed by atoms with E-state index in [0.717, 1.165) is 30.4 Å². The topological polar surface area (TPSA) is 154 Å². The second-order valence-electron chi connectivity index (χ2n) is 8.45. The molecule has 3 atom stereocenters. The van der Waals surface area contributed by atoms with Crippen molar-refractivity contribution in [1.82, 2.24) is 10.6 Å². The van der Waals surface area contributed by atoms with Crippen molar-refractivity contribution in [3.63, 3.8) is 0 Å². The van der Waals surface area contributed by atoms with Crippen molar-refractivity contribution in [2.75, 3.05) is 0 Å². The van der Waals surface area contributed by atoms with Gasteiger partial charge >= 0.3 is 6.09 Å². The molecule has 1 aliphatic carbocycles. The first kappa shape index (κ1) is 34.3. The summed E-state index contributed by atoms with van der Waals surface area (Å²) in [5, 5.41) is 25.6. The molecule has 206 valence electrons. The highest BCUT2D eigenvalue weighted by molar-refractivity contribution is 7.59. The van der Waals surface area contributed by atoms with Crippen molar-refractivity contribution in [3.05, 3.63) is 71.8 Å². The zero-order chi connectivity index (χ0) is 25.6. The van der Waals surface area contributed by atoms with Crippen LogP contribution >= 0.6 is 27.0 Å². The quantitative estimate of drug-likeness (QED) is 0.327. The fourth-order valence-electron chi connectivity index (χ4n) is 3.15. The molecule has 2 aromatic rings. The Labute approximate surface area is 232 Å². The Morgan fingerprint density at radius 2 is 1.57 bits per heavy atom. The number of aliphatic hydroxyl groups excluding tert-OH is 1. The van der Waals surface area contributed by atoms with Crippen molar-refractivity contribution < 1.29 is 29.3 Å². The first-order chi connectivity index (χ1) is 16.8. The fraction of sp³-hybridized carbons (Fsp3) is 0.423. The highest BCUT2D eigenvalue weighted by Crippen LogP contribution is 2.18. The molecular weight excluding hydrogens is 514 g/mol. The molecular formula is C26H38N3O6S2-. The molecule has 5 N–H and O–H groups in total. The van der Waals surface area contributed by atoms with E-state index in [-0.39, 0.29) is 52.0 Å². The van der Waals surface area contributed by atoms with Gasteiger partial charge < -0.3 is 36.1 Å². The van der Waals surface area contributed by atoms with E-state index in [0.29, 0.717) is 6.42 Å². The molecule has 0 saturated heterocycles. The molecule has 3 rings (SSSR count). The molecule has 1 unspecified atom stereocenters. The number of carbonyl (C=O) groups is 3. The number of rotatable bonds is 11. The van der Waals surface area contributed by atoms with Crippen LogP contribution in [0.3, 0.4) is 0 Å². The first-order valence-electron chi connectivity index (χ1n) is 11.8. The molecule has 2 aromatic carbocycles. The molecule has 0 aliphatic heterocycles. The Kier molecular flexibility index (Phi) is 17.1. The normalized spacial score (nSPS) is 14.1. The summed E-state index contributed by atoms with van der Waals surface area (Å²) < 4.78 is 5.01. The molecule has 0 bridgehead atoms. The molecule has 9 nitrogen and oxygen atoms in total. The number of hydrogen-bond donors (Lipinski definition) is 4. The number of ether oxygens (including phenoxy) is 1. The Balaban J connectivity index is 0.000000747. The van der Waals surface area contributed by atoms with Gasteiger partial charge in [-0.1, -0.05) is 74.0 Å². The molecule has 0 spiro atoms. The summed E-state index contributed by atoms with van der Waals surface area (Å²) in [5.74, 6) is -1.66. The molecule has 37 heavy (non-hydrogen) atoms. The molecule has 0 radical (unpaired) electrons. The number of carbonyl (C=O) groups excluding carboxylic acids is 3. The fourth-order valence-corrected chi connectivity index (χ4v) is 3.15. The van der Waals surface area contributed by atoms with Crippen LogP contribution in [0.15, 0.2) is 60.7 Å². The molecule has 2 amide bonds. The SMILES string of the molecule is CCC[C@H](N)[C@H](O)C(=O)NC1CC1.O=C(NC(Cc1ccccc1)C(=O)[O-])OCc1ccccc1.S.S. The second-order valence-corrected chi connectivity index (χ2v) is 8.45. The zero-order valence-corrected chi connectivity index (χ0v) is 22.9. The van der Waals surface area contributed by atoms with E-state index >= 15 is 0 Å². The molecule has 0 aromatic heterocycles. The first-order valence-corrected chi connectivity index (χ1v) is 11.8. The lowest BCUT2D eigenvalue weighted by Gasteiger charge is -2.19. The number of aliphatic carboxylic acids is 1. The van der Waals surface area contributed by atoms with Crippen LogP contribution < -0.4 is 21.5 Å². The average molecular weight is 553 g/mol. The number of amides is 2. The molecule has 1 fully saturated rings. The van der Waals surface area contributed by atoms with Gasteiger partial charge in [0.25, 0.3) is 5.91 Å². The summed E-state index contributed by atoms with van der Waals surface area (Å²) in [4.78, 5) is 34.1. The van der Waals surface area contributed by atoms with Crippen LogP contribution in [0.25, 0.3) is 0 Å². The van der Waals surface area contributed by atoms with Crippen LogP contribution in [0.5, 0.6) is 0 Å². The van der Waals surface area contributed by atoms with Crippen LogP contribution in [0.1, 0.15) is 43.7 Å². The Morgan fingerprint density at radius 3 is 2.05 bits per heavy atom. The monoisotopic (exact) mass is 552 g/mol. The van der Waals surface area contributed by atoms with Crippen LogP contribution in [0.4, 0.5) is 4.79 Å². The minimum absolute atomic E-state index is 0. The molecule has 11 heteroatoms. The van der Waals surface area contributed by atoms with Gasteiger partial charge in [-0.2, -0.15) is 27.0 Å². The lowest BCUT2D eigenvalue weighted by molar-refractivity contribution is -0.308.